The van der Waals surface area contributed by atoms with Gasteiger partial charge in [0.25, 0.3) is 5.69 Å². The van der Waals surface area contributed by atoms with E-state index in [-0.39, 0.29) is 67.4 Å². The Hall–Kier alpha value is -5.57. The quantitative estimate of drug-likeness (QED) is 0.0753. The Balaban J connectivity index is 1.26. The predicted molar refractivity (Wildman–Crippen MR) is 195 cm³/mol. The van der Waals surface area contributed by atoms with Gasteiger partial charge in [-0.3, -0.25) is 20.0 Å². The van der Waals surface area contributed by atoms with Crippen LogP contribution >= 0.6 is 0 Å². The highest BCUT2D eigenvalue weighted by molar-refractivity contribution is 7.87. The van der Waals surface area contributed by atoms with E-state index < -0.39 is 38.4 Å². The van der Waals surface area contributed by atoms with Crippen LogP contribution in [0.1, 0.15) is 31.2 Å². The van der Waals surface area contributed by atoms with Gasteiger partial charge in [0, 0.05) is 61.9 Å². The van der Waals surface area contributed by atoms with Gasteiger partial charge in [-0.2, -0.15) is 18.4 Å². The van der Waals surface area contributed by atoms with Gasteiger partial charge in [0.2, 0.25) is 0 Å². The molecule has 2 aromatic heterocycles. The van der Waals surface area contributed by atoms with Gasteiger partial charge < -0.3 is 18.6 Å². The molecule has 5 heterocycles. The summed E-state index contributed by atoms with van der Waals surface area (Å²) in [5, 5.41) is 11.6. The van der Waals surface area contributed by atoms with E-state index in [0.29, 0.717) is 51.5 Å². The summed E-state index contributed by atoms with van der Waals surface area (Å²) in [6.07, 6.45) is 8.74. The van der Waals surface area contributed by atoms with E-state index >= 15 is 8.78 Å². The largest absolute Gasteiger partial charge is 0.461 e. The minimum Gasteiger partial charge on any atom is -0.461 e. The highest BCUT2D eigenvalue weighted by Gasteiger charge is 2.49. The fourth-order valence-electron chi connectivity index (χ4n) is 7.82. The number of rotatable bonds is 9. The molecule has 0 bridgehead atoms. The van der Waals surface area contributed by atoms with Crippen LogP contribution in [0.5, 0.6) is 11.8 Å². The number of aromatic nitrogens is 3. The molecule has 0 saturated carbocycles. The second-order valence-electron chi connectivity index (χ2n) is 13.8. The molecule has 5 aromatic rings. The van der Waals surface area contributed by atoms with E-state index in [2.05, 4.69) is 20.8 Å². The zero-order valence-corrected chi connectivity index (χ0v) is 30.0. The number of halogens is 3. The van der Waals surface area contributed by atoms with Crippen LogP contribution in [0.15, 0.2) is 59.6 Å². The van der Waals surface area contributed by atoms with Crippen molar-refractivity contribution in [3.8, 4) is 35.4 Å². The molecule has 0 amide bonds. The number of pyridine rings is 1. The van der Waals surface area contributed by atoms with Gasteiger partial charge in [-0.25, -0.2) is 13.2 Å². The summed E-state index contributed by atoms with van der Waals surface area (Å²) in [7, 11) is -4.57. The summed E-state index contributed by atoms with van der Waals surface area (Å²) in [5.41, 5.74) is -1.69. The van der Waals surface area contributed by atoms with Crippen LogP contribution in [0.25, 0.3) is 32.9 Å². The Morgan fingerprint density at radius 3 is 2.67 bits per heavy atom. The first kappa shape index (κ1) is 36.4. The molecule has 3 aliphatic heterocycles. The van der Waals surface area contributed by atoms with Gasteiger partial charge in [-0.15, -0.1) is 6.42 Å². The smallest absolute Gasteiger partial charge is 0.339 e. The number of nitro groups is 1. The number of hydrogen-bond acceptors (Lipinski definition) is 12. The minimum atomic E-state index is -4.57. The van der Waals surface area contributed by atoms with Crippen molar-refractivity contribution in [3.05, 3.63) is 82.0 Å². The highest BCUT2D eigenvalue weighted by Crippen LogP contribution is 2.42. The topological polar surface area (TPSA) is 150 Å². The fraction of sp³-hybridized carbons (Fsp3) is 0.342. The predicted octanol–water partition coefficient (Wildman–Crippen LogP) is 5.96. The van der Waals surface area contributed by atoms with E-state index in [4.69, 9.17) is 25.1 Å². The van der Waals surface area contributed by atoms with Crippen molar-refractivity contribution in [2.75, 3.05) is 50.9 Å². The number of ether oxygens (including phenoxy) is 2. The summed E-state index contributed by atoms with van der Waals surface area (Å²) in [5.74, 6) is 0.634. The maximum absolute atomic E-state index is 17.2. The molecule has 8 rings (SSSR count). The minimum absolute atomic E-state index is 0.0613. The van der Waals surface area contributed by atoms with Gasteiger partial charge in [0.1, 0.15) is 46.3 Å². The molecule has 0 N–H and O–H groups in total. The molecule has 55 heavy (non-hydrogen) atoms. The van der Waals surface area contributed by atoms with Gasteiger partial charge in [-0.1, -0.05) is 12.0 Å². The molecule has 3 saturated heterocycles. The monoisotopic (exact) mass is 774 g/mol. The van der Waals surface area contributed by atoms with E-state index in [1.807, 2.05) is 4.90 Å². The van der Waals surface area contributed by atoms with Crippen LogP contribution in [-0.2, 0) is 14.9 Å². The Labute approximate surface area is 313 Å². The molecule has 3 aliphatic rings. The van der Waals surface area contributed by atoms with E-state index in [9.17, 15) is 22.9 Å². The van der Waals surface area contributed by atoms with Crippen LogP contribution in [0, 0.1) is 34.1 Å². The van der Waals surface area contributed by atoms with E-state index in [1.165, 1.54) is 24.4 Å². The Morgan fingerprint density at radius 1 is 1.07 bits per heavy atom. The van der Waals surface area contributed by atoms with Gasteiger partial charge in [-0.05, 0) is 61.5 Å². The molecule has 3 fully saturated rings. The van der Waals surface area contributed by atoms with Gasteiger partial charge in [0.05, 0.1) is 28.0 Å². The normalized spacial score (nSPS) is 20.3. The summed E-state index contributed by atoms with van der Waals surface area (Å²) in [6.45, 7) is 3.06. The van der Waals surface area contributed by atoms with Crippen molar-refractivity contribution in [3.63, 3.8) is 0 Å². The zero-order chi connectivity index (χ0) is 38.5. The zero-order valence-electron chi connectivity index (χ0n) is 29.2. The highest BCUT2D eigenvalue weighted by atomic mass is 32.2. The molecule has 0 spiro atoms. The Kier molecular flexibility index (Phi) is 9.43. The number of non-ortho nitro benzene ring substituents is 1. The second-order valence-corrected chi connectivity index (χ2v) is 15.3. The maximum Gasteiger partial charge on any atom is 0.339 e. The lowest BCUT2D eigenvalue weighted by atomic mass is 9.95. The third-order valence-corrected chi connectivity index (χ3v) is 11.6. The van der Waals surface area contributed by atoms with Crippen LogP contribution in [-0.4, -0.2) is 90.9 Å². The molecule has 0 unspecified atom stereocenters. The fourth-order valence-corrected chi connectivity index (χ4v) is 8.73. The molecule has 284 valence electrons. The van der Waals surface area contributed by atoms with Gasteiger partial charge in [0.15, 0.2) is 5.82 Å². The van der Waals surface area contributed by atoms with Crippen molar-refractivity contribution < 1.29 is 40.2 Å². The lowest BCUT2D eigenvalue weighted by molar-refractivity contribution is -0.384. The molecule has 0 aliphatic carbocycles. The molecule has 13 nitrogen and oxygen atoms in total. The van der Waals surface area contributed by atoms with Crippen LogP contribution in [0.4, 0.5) is 24.7 Å². The van der Waals surface area contributed by atoms with E-state index in [1.54, 1.807) is 0 Å². The van der Waals surface area contributed by atoms with Crippen LogP contribution in [0.2, 0.25) is 0 Å². The third-order valence-electron chi connectivity index (χ3n) is 10.4. The standard InChI is InChI=1S/C38H33F3N6O7S/c1-2-28-31(40)10-5-23-17-26(54-55(50,51)27-8-6-25(7-9-27)47(48)49)18-29(32(23)28)34-33(41)35-30(20-42-34)36(45-12-4-15-52-16-14-45)44-37(43-35)53-22-38-11-3-13-46(38)21-24(39)19-38/h1,5-10,17-18,20,24H,3-4,11-16,19,21-22H2/t24-,38+/m1/s1. The molecule has 2 atom stereocenters. The number of terminal acetylenes is 1. The molecule has 17 heteroatoms. The van der Waals surface area contributed by atoms with Crippen molar-refractivity contribution in [1.82, 2.24) is 19.9 Å². The summed E-state index contributed by atoms with van der Waals surface area (Å²) in [4.78, 5) is 27.7. The summed E-state index contributed by atoms with van der Waals surface area (Å²) in [6, 6.07) is 8.84. The number of fused-ring (bicyclic) bond motifs is 3. The first-order chi connectivity index (χ1) is 26.5. The van der Waals surface area contributed by atoms with E-state index in [0.717, 1.165) is 49.7 Å². The van der Waals surface area contributed by atoms with Crippen molar-refractivity contribution in [2.45, 2.75) is 42.3 Å². The Morgan fingerprint density at radius 2 is 1.89 bits per heavy atom. The summed E-state index contributed by atoms with van der Waals surface area (Å²) < 4.78 is 90.9. The average molecular weight is 775 g/mol. The summed E-state index contributed by atoms with van der Waals surface area (Å²) >= 11 is 0. The first-order valence-corrected chi connectivity index (χ1v) is 19.0. The number of nitro benzene ring substituents is 1. The number of nitrogens with zero attached hydrogens (tertiary/aromatic N) is 6. The first-order valence-electron chi connectivity index (χ1n) is 17.6. The van der Waals surface area contributed by atoms with Gasteiger partial charge >= 0.3 is 16.1 Å². The molecular weight excluding hydrogens is 742 g/mol. The SMILES string of the molecule is C#Cc1c(F)ccc2cc(OS(=O)(=O)c3ccc([N+](=O)[O-])cc3)cc(-c3ncc4c(N5CCCOCC5)nc(OC[C@@]56CCCN5C[C@H](F)C6)nc4c3F)c12. The van der Waals surface area contributed by atoms with Crippen molar-refractivity contribution >= 4 is 43.3 Å². The molecule has 0 radical (unpaired) electrons. The maximum atomic E-state index is 17.2. The second kappa shape index (κ2) is 14.3. The van der Waals surface area contributed by atoms with Crippen LogP contribution in [0.3, 0.4) is 0 Å². The number of benzene rings is 3. The average Bonchev–Trinajstić information content (AvgIpc) is 3.55. The lowest BCUT2D eigenvalue weighted by Gasteiger charge is -2.31. The lowest BCUT2D eigenvalue weighted by Crippen LogP contribution is -2.43. The number of alkyl halides is 1. The Bertz CT molecular complexity index is 2490. The number of anilines is 1. The van der Waals surface area contributed by atoms with Crippen molar-refractivity contribution in [2.24, 2.45) is 0 Å². The van der Waals surface area contributed by atoms with Crippen LogP contribution < -0.4 is 13.8 Å². The molecular formula is C38H33F3N6O7S. The van der Waals surface area contributed by atoms with Crippen molar-refractivity contribution in [1.29, 1.82) is 0 Å². The number of hydrogen-bond donors (Lipinski definition) is 0. The third kappa shape index (κ3) is 6.74. The molecule has 3 aromatic carbocycles.